The van der Waals surface area contributed by atoms with Gasteiger partial charge in [0.15, 0.2) is 0 Å². The maximum absolute atomic E-state index is 13.1. The van der Waals surface area contributed by atoms with Crippen molar-refractivity contribution in [2.45, 2.75) is 50.5 Å². The van der Waals surface area contributed by atoms with E-state index in [4.69, 9.17) is 0 Å². The lowest BCUT2D eigenvalue weighted by atomic mass is 9.94. The molecule has 1 aliphatic heterocycles. The summed E-state index contributed by atoms with van der Waals surface area (Å²) in [5, 5.41) is 4.44. The van der Waals surface area contributed by atoms with Crippen molar-refractivity contribution in [1.29, 1.82) is 0 Å². The predicted molar refractivity (Wildman–Crippen MR) is 99.7 cm³/mol. The number of thiophene rings is 1. The largest absolute Gasteiger partial charge is 0.465 e. The van der Waals surface area contributed by atoms with Crippen LogP contribution in [0.4, 0.5) is 0 Å². The fourth-order valence-electron chi connectivity index (χ4n) is 3.03. The fraction of sp³-hybridized carbons (Fsp3) is 0.647. The van der Waals surface area contributed by atoms with Gasteiger partial charge < -0.3 is 10.1 Å². The zero-order chi connectivity index (χ0) is 19.3. The normalized spacial score (nSPS) is 21.3. The number of sulfonamides is 1. The van der Waals surface area contributed by atoms with Crippen LogP contribution in [0.2, 0.25) is 0 Å². The van der Waals surface area contributed by atoms with E-state index in [1.807, 2.05) is 13.8 Å². The van der Waals surface area contributed by atoms with Crippen LogP contribution in [0.5, 0.6) is 0 Å². The highest BCUT2D eigenvalue weighted by atomic mass is 32.2. The molecule has 9 heteroatoms. The van der Waals surface area contributed by atoms with E-state index in [1.165, 1.54) is 17.5 Å². The SMILES string of the molecule is CCCCNC(=O)[C@@H]1CC[C@H](C)N(S(=O)(=O)c2ccsc2C(=O)OC)C1. The zero-order valence-corrected chi connectivity index (χ0v) is 17.0. The third-order valence-electron chi connectivity index (χ3n) is 4.61. The Hall–Kier alpha value is -1.45. The summed E-state index contributed by atoms with van der Waals surface area (Å²) in [4.78, 5) is 24.2. The van der Waals surface area contributed by atoms with Crippen LogP contribution >= 0.6 is 11.3 Å². The molecule has 1 fully saturated rings. The Kier molecular flexibility index (Phi) is 7.19. The number of carbonyl (C=O) groups excluding carboxylic acids is 2. The average molecular weight is 403 g/mol. The van der Waals surface area contributed by atoms with Crippen LogP contribution in [0.15, 0.2) is 16.3 Å². The molecule has 0 aromatic carbocycles. The number of piperidine rings is 1. The first kappa shape index (κ1) is 20.9. The van der Waals surface area contributed by atoms with Gasteiger partial charge in [-0.3, -0.25) is 4.79 Å². The molecule has 146 valence electrons. The molecule has 0 unspecified atom stereocenters. The highest BCUT2D eigenvalue weighted by Crippen LogP contribution is 2.32. The predicted octanol–water partition coefficient (Wildman–Crippen LogP) is 2.24. The number of hydrogen-bond donors (Lipinski definition) is 1. The van der Waals surface area contributed by atoms with E-state index in [1.54, 1.807) is 5.38 Å². The minimum atomic E-state index is -3.88. The van der Waals surface area contributed by atoms with Crippen LogP contribution in [-0.2, 0) is 19.6 Å². The van der Waals surface area contributed by atoms with Gasteiger partial charge in [0.1, 0.15) is 9.77 Å². The van der Waals surface area contributed by atoms with E-state index in [9.17, 15) is 18.0 Å². The number of carbonyl (C=O) groups is 2. The van der Waals surface area contributed by atoms with Crippen molar-refractivity contribution in [3.05, 3.63) is 16.3 Å². The molecule has 1 aliphatic rings. The molecule has 1 aromatic rings. The van der Waals surface area contributed by atoms with Gasteiger partial charge in [-0.2, -0.15) is 4.31 Å². The van der Waals surface area contributed by atoms with Crippen LogP contribution in [-0.4, -0.2) is 50.8 Å². The zero-order valence-electron chi connectivity index (χ0n) is 15.4. The average Bonchev–Trinajstić information content (AvgIpc) is 3.12. The summed E-state index contributed by atoms with van der Waals surface area (Å²) >= 11 is 1.04. The van der Waals surface area contributed by atoms with Crippen LogP contribution in [0.1, 0.15) is 49.2 Å². The molecule has 2 rings (SSSR count). The van der Waals surface area contributed by atoms with Crippen molar-refractivity contribution in [2.75, 3.05) is 20.2 Å². The molecule has 26 heavy (non-hydrogen) atoms. The third-order valence-corrected chi connectivity index (χ3v) is 7.66. The number of ether oxygens (including phenoxy) is 1. The molecule has 7 nitrogen and oxygen atoms in total. The van der Waals surface area contributed by atoms with E-state index in [2.05, 4.69) is 10.1 Å². The van der Waals surface area contributed by atoms with E-state index in [-0.39, 0.29) is 34.2 Å². The van der Waals surface area contributed by atoms with Crippen molar-refractivity contribution < 1.29 is 22.7 Å². The van der Waals surface area contributed by atoms with Gasteiger partial charge in [-0.15, -0.1) is 11.3 Å². The van der Waals surface area contributed by atoms with Gasteiger partial charge in [0, 0.05) is 19.1 Å². The first-order valence-corrected chi connectivity index (χ1v) is 11.1. The van der Waals surface area contributed by atoms with Gasteiger partial charge in [0.2, 0.25) is 15.9 Å². The lowest BCUT2D eigenvalue weighted by molar-refractivity contribution is -0.126. The highest BCUT2D eigenvalue weighted by Gasteiger charge is 2.39. The number of methoxy groups -OCH3 is 1. The van der Waals surface area contributed by atoms with Gasteiger partial charge >= 0.3 is 5.97 Å². The molecular formula is C17H26N2O5S2. The second-order valence-corrected chi connectivity index (χ2v) is 9.22. The van der Waals surface area contributed by atoms with E-state index in [0.29, 0.717) is 19.4 Å². The lowest BCUT2D eigenvalue weighted by Gasteiger charge is -2.36. The van der Waals surface area contributed by atoms with Crippen molar-refractivity contribution in [3.63, 3.8) is 0 Å². The van der Waals surface area contributed by atoms with Crippen molar-refractivity contribution in [1.82, 2.24) is 9.62 Å². The van der Waals surface area contributed by atoms with E-state index < -0.39 is 16.0 Å². The van der Waals surface area contributed by atoms with E-state index >= 15 is 0 Å². The Morgan fingerprint density at radius 1 is 1.38 bits per heavy atom. The van der Waals surface area contributed by atoms with E-state index in [0.717, 1.165) is 24.2 Å². The van der Waals surface area contributed by atoms with Gasteiger partial charge in [-0.25, -0.2) is 13.2 Å². The van der Waals surface area contributed by atoms with Crippen molar-refractivity contribution >= 4 is 33.2 Å². The molecule has 0 aliphatic carbocycles. The smallest absolute Gasteiger partial charge is 0.349 e. The molecule has 1 saturated heterocycles. The number of nitrogens with zero attached hydrogens (tertiary/aromatic N) is 1. The van der Waals surface area contributed by atoms with Crippen LogP contribution < -0.4 is 5.32 Å². The van der Waals surface area contributed by atoms with Gasteiger partial charge in [-0.1, -0.05) is 13.3 Å². The summed E-state index contributed by atoms with van der Waals surface area (Å²) in [6, 6.07) is 1.19. The fourth-order valence-corrected chi connectivity index (χ4v) is 6.04. The summed E-state index contributed by atoms with van der Waals surface area (Å²) in [5.74, 6) is -1.15. The minimum Gasteiger partial charge on any atom is -0.465 e. The molecule has 0 bridgehead atoms. The molecule has 1 aromatic heterocycles. The van der Waals surface area contributed by atoms with Crippen molar-refractivity contribution in [2.24, 2.45) is 5.92 Å². The minimum absolute atomic E-state index is 0.0479. The third kappa shape index (κ3) is 4.44. The topological polar surface area (TPSA) is 92.8 Å². The Bertz CT molecular complexity index is 744. The Morgan fingerprint density at radius 3 is 2.77 bits per heavy atom. The number of rotatable bonds is 7. The Balaban J connectivity index is 2.21. The monoisotopic (exact) mass is 402 g/mol. The van der Waals surface area contributed by atoms with Crippen LogP contribution in [0.25, 0.3) is 0 Å². The maximum atomic E-state index is 13.1. The van der Waals surface area contributed by atoms with Crippen molar-refractivity contribution in [3.8, 4) is 0 Å². The number of amides is 1. The summed E-state index contributed by atoms with van der Waals surface area (Å²) in [7, 11) is -2.66. The summed E-state index contributed by atoms with van der Waals surface area (Å²) in [5.41, 5.74) is 0. The van der Waals surface area contributed by atoms with Crippen LogP contribution in [0.3, 0.4) is 0 Å². The quantitative estimate of drug-likeness (QED) is 0.558. The Labute approximate surface area is 158 Å². The summed E-state index contributed by atoms with van der Waals surface area (Å²) < 4.78 is 32.3. The molecule has 2 atom stereocenters. The standard InChI is InChI=1S/C17H26N2O5S2/c1-4-5-9-18-16(20)13-7-6-12(2)19(11-13)26(22,23)14-8-10-25-15(14)17(21)24-3/h8,10,12-13H,4-7,9,11H2,1-3H3,(H,18,20)/t12-,13+/m0/s1. The maximum Gasteiger partial charge on any atom is 0.349 e. The molecule has 1 amide bonds. The second-order valence-electron chi connectivity index (χ2n) is 6.45. The molecule has 0 saturated carbocycles. The second kappa shape index (κ2) is 8.96. The van der Waals surface area contributed by atoms with Crippen LogP contribution in [0, 0.1) is 5.92 Å². The Morgan fingerprint density at radius 2 is 2.12 bits per heavy atom. The molecular weight excluding hydrogens is 376 g/mol. The number of unbranched alkanes of at least 4 members (excludes halogenated alkanes) is 1. The van der Waals surface area contributed by atoms with Gasteiger partial charge in [0.05, 0.1) is 13.0 Å². The van der Waals surface area contributed by atoms with Gasteiger partial charge in [-0.05, 0) is 37.6 Å². The number of hydrogen-bond acceptors (Lipinski definition) is 6. The number of esters is 1. The first-order valence-electron chi connectivity index (χ1n) is 8.78. The lowest BCUT2D eigenvalue weighted by Crippen LogP contribution is -2.49. The van der Waals surface area contributed by atoms with Gasteiger partial charge in [0.25, 0.3) is 0 Å². The highest BCUT2D eigenvalue weighted by molar-refractivity contribution is 7.89. The number of nitrogens with one attached hydrogen (secondary N) is 1. The molecule has 0 radical (unpaired) electrons. The first-order chi connectivity index (χ1) is 12.3. The summed E-state index contributed by atoms with van der Waals surface area (Å²) in [6.45, 7) is 4.60. The molecule has 0 spiro atoms. The summed E-state index contributed by atoms with van der Waals surface area (Å²) in [6.07, 6.45) is 3.13. The molecule has 2 heterocycles. The molecule has 1 N–H and O–H groups in total.